The van der Waals surface area contributed by atoms with Crippen molar-refractivity contribution in [2.45, 2.75) is 19.9 Å². The van der Waals surface area contributed by atoms with Crippen LogP contribution in [0.2, 0.25) is 0 Å². The number of hydrogen-bond donors (Lipinski definition) is 2. The smallest absolute Gasteiger partial charge is 0.169 e. The third kappa shape index (κ3) is 5.52. The number of aromatic nitrogens is 2. The van der Waals surface area contributed by atoms with Gasteiger partial charge in [0.15, 0.2) is 5.11 Å². The van der Waals surface area contributed by atoms with Crippen molar-refractivity contribution in [3.05, 3.63) is 65.5 Å². The number of methoxy groups -OCH3 is 1. The predicted molar refractivity (Wildman–Crippen MR) is 114 cm³/mol. The minimum absolute atomic E-state index is 0.627. The summed E-state index contributed by atoms with van der Waals surface area (Å²) in [4.78, 5) is 10.2. The number of rotatable bonds is 8. The number of H-pyrrole nitrogens is 1. The number of nitrogens with zero attached hydrogens (tertiary/aromatic N) is 2. The van der Waals surface area contributed by atoms with E-state index in [1.807, 2.05) is 24.3 Å². The van der Waals surface area contributed by atoms with E-state index in [0.29, 0.717) is 13.2 Å². The molecule has 2 aromatic carbocycles. The first kappa shape index (κ1) is 19.3. The third-order valence-corrected chi connectivity index (χ3v) is 4.82. The monoisotopic (exact) mass is 382 g/mol. The maximum atomic E-state index is 5.62. The summed E-state index contributed by atoms with van der Waals surface area (Å²) < 4.78 is 5.11. The molecule has 0 fully saturated rings. The van der Waals surface area contributed by atoms with Crippen LogP contribution >= 0.6 is 12.2 Å². The van der Waals surface area contributed by atoms with Crippen LogP contribution in [0.3, 0.4) is 0 Å². The van der Waals surface area contributed by atoms with Gasteiger partial charge in [0.1, 0.15) is 5.82 Å². The van der Waals surface area contributed by atoms with Gasteiger partial charge in [0, 0.05) is 33.2 Å². The first-order valence-electron chi connectivity index (χ1n) is 9.16. The summed E-state index contributed by atoms with van der Waals surface area (Å²) in [6.45, 7) is 4.97. The SMILES string of the molecule is COCCNC(=S)N(CCc1nc2ccccc2[nH]1)Cc1ccc(C)cc1. The Morgan fingerprint density at radius 1 is 1.19 bits per heavy atom. The Balaban J connectivity index is 1.67. The summed E-state index contributed by atoms with van der Waals surface area (Å²) in [5.41, 5.74) is 4.56. The topological polar surface area (TPSA) is 53.2 Å². The molecule has 3 rings (SSSR count). The van der Waals surface area contributed by atoms with E-state index in [4.69, 9.17) is 17.0 Å². The molecule has 0 amide bonds. The van der Waals surface area contributed by atoms with E-state index in [0.717, 1.165) is 41.5 Å². The van der Waals surface area contributed by atoms with E-state index in [1.165, 1.54) is 11.1 Å². The Morgan fingerprint density at radius 2 is 1.96 bits per heavy atom. The quantitative estimate of drug-likeness (QED) is 0.462. The zero-order chi connectivity index (χ0) is 19.1. The zero-order valence-electron chi connectivity index (χ0n) is 15.9. The third-order valence-electron chi connectivity index (χ3n) is 4.42. The summed E-state index contributed by atoms with van der Waals surface area (Å²) in [6.07, 6.45) is 0.798. The van der Waals surface area contributed by atoms with Crippen LogP contribution in [0.25, 0.3) is 11.0 Å². The van der Waals surface area contributed by atoms with E-state index in [2.05, 4.69) is 51.4 Å². The number of imidazole rings is 1. The molecule has 1 aromatic heterocycles. The van der Waals surface area contributed by atoms with Crippen LogP contribution in [-0.4, -0.2) is 46.8 Å². The van der Waals surface area contributed by atoms with Gasteiger partial charge in [-0.05, 0) is 36.8 Å². The fourth-order valence-electron chi connectivity index (χ4n) is 2.90. The Labute approximate surface area is 165 Å². The van der Waals surface area contributed by atoms with Crippen molar-refractivity contribution in [1.82, 2.24) is 20.2 Å². The first-order valence-corrected chi connectivity index (χ1v) is 9.57. The molecule has 0 bridgehead atoms. The van der Waals surface area contributed by atoms with Crippen LogP contribution in [0, 0.1) is 6.92 Å². The first-order chi connectivity index (χ1) is 13.2. The average molecular weight is 383 g/mol. The number of aryl methyl sites for hydroxylation is 1. The Hall–Kier alpha value is -2.44. The van der Waals surface area contributed by atoms with E-state index in [-0.39, 0.29) is 0 Å². The molecule has 0 radical (unpaired) electrons. The fourth-order valence-corrected chi connectivity index (χ4v) is 3.16. The lowest BCUT2D eigenvalue weighted by Crippen LogP contribution is -2.41. The highest BCUT2D eigenvalue weighted by Gasteiger charge is 2.12. The molecule has 142 valence electrons. The summed E-state index contributed by atoms with van der Waals surface area (Å²) in [7, 11) is 1.69. The second-order valence-corrected chi connectivity index (χ2v) is 6.97. The predicted octanol–water partition coefficient (Wildman–Crippen LogP) is 3.44. The highest BCUT2D eigenvalue weighted by molar-refractivity contribution is 7.80. The van der Waals surface area contributed by atoms with Gasteiger partial charge in [-0.2, -0.15) is 0 Å². The summed E-state index contributed by atoms with van der Waals surface area (Å²) in [6, 6.07) is 16.7. The van der Waals surface area contributed by atoms with Crippen LogP contribution in [0.15, 0.2) is 48.5 Å². The summed E-state index contributed by atoms with van der Waals surface area (Å²) in [5, 5.41) is 4.02. The molecule has 3 aromatic rings. The number of hydrogen-bond acceptors (Lipinski definition) is 3. The highest BCUT2D eigenvalue weighted by atomic mass is 32.1. The second-order valence-electron chi connectivity index (χ2n) is 6.58. The Morgan fingerprint density at radius 3 is 2.70 bits per heavy atom. The van der Waals surface area contributed by atoms with Crippen molar-refractivity contribution >= 4 is 28.4 Å². The molecule has 0 saturated heterocycles. The molecule has 0 saturated carbocycles. The standard InChI is InChI=1S/C21H26N4OS/c1-16-7-9-17(10-8-16)15-25(21(27)22-12-14-26-2)13-11-20-23-18-5-3-4-6-19(18)24-20/h3-10H,11-15H2,1-2H3,(H,22,27)(H,23,24). The number of para-hydroxylation sites is 2. The van der Waals surface area contributed by atoms with E-state index >= 15 is 0 Å². The lowest BCUT2D eigenvalue weighted by molar-refractivity contribution is 0.203. The molecule has 2 N–H and O–H groups in total. The molecule has 0 atom stereocenters. The molecule has 6 heteroatoms. The van der Waals surface area contributed by atoms with Crippen molar-refractivity contribution in [3.8, 4) is 0 Å². The van der Waals surface area contributed by atoms with E-state index < -0.39 is 0 Å². The van der Waals surface area contributed by atoms with Crippen molar-refractivity contribution in [2.75, 3.05) is 26.8 Å². The maximum Gasteiger partial charge on any atom is 0.169 e. The Bertz CT molecular complexity index is 842. The lowest BCUT2D eigenvalue weighted by atomic mass is 10.1. The molecular weight excluding hydrogens is 356 g/mol. The minimum Gasteiger partial charge on any atom is -0.383 e. The number of benzene rings is 2. The van der Waals surface area contributed by atoms with Crippen LogP contribution in [0.1, 0.15) is 17.0 Å². The molecule has 1 heterocycles. The number of aromatic amines is 1. The van der Waals surface area contributed by atoms with Crippen LogP contribution in [-0.2, 0) is 17.7 Å². The second kappa shape index (κ2) is 9.48. The molecule has 27 heavy (non-hydrogen) atoms. The molecule has 0 aliphatic rings. The van der Waals surface area contributed by atoms with Crippen molar-refractivity contribution < 1.29 is 4.74 Å². The minimum atomic E-state index is 0.627. The van der Waals surface area contributed by atoms with Crippen molar-refractivity contribution in [2.24, 2.45) is 0 Å². The number of ether oxygens (including phenoxy) is 1. The van der Waals surface area contributed by atoms with Crippen molar-refractivity contribution in [1.29, 1.82) is 0 Å². The van der Waals surface area contributed by atoms with Gasteiger partial charge in [0.05, 0.1) is 17.6 Å². The van der Waals surface area contributed by atoms with E-state index in [1.54, 1.807) is 7.11 Å². The molecule has 0 aliphatic carbocycles. The van der Waals surface area contributed by atoms with Gasteiger partial charge in [-0.3, -0.25) is 0 Å². The van der Waals surface area contributed by atoms with Gasteiger partial charge in [0.25, 0.3) is 0 Å². The van der Waals surface area contributed by atoms with Gasteiger partial charge in [-0.25, -0.2) is 4.98 Å². The molecule has 0 aliphatic heterocycles. The number of nitrogens with one attached hydrogen (secondary N) is 2. The largest absolute Gasteiger partial charge is 0.383 e. The van der Waals surface area contributed by atoms with E-state index in [9.17, 15) is 0 Å². The van der Waals surface area contributed by atoms with Gasteiger partial charge in [-0.1, -0.05) is 42.0 Å². The molecular formula is C21H26N4OS. The van der Waals surface area contributed by atoms with Crippen molar-refractivity contribution in [3.63, 3.8) is 0 Å². The van der Waals surface area contributed by atoms with Crippen LogP contribution < -0.4 is 5.32 Å². The fraction of sp³-hybridized carbons (Fsp3) is 0.333. The number of fused-ring (bicyclic) bond motifs is 1. The summed E-state index contributed by atoms with van der Waals surface area (Å²) in [5.74, 6) is 0.977. The number of thiocarbonyl (C=S) groups is 1. The average Bonchev–Trinajstić information content (AvgIpc) is 3.09. The van der Waals surface area contributed by atoms with Gasteiger partial charge < -0.3 is 19.9 Å². The van der Waals surface area contributed by atoms with Crippen LogP contribution in [0.4, 0.5) is 0 Å². The molecule has 5 nitrogen and oxygen atoms in total. The van der Waals surface area contributed by atoms with Gasteiger partial charge in [0.2, 0.25) is 0 Å². The maximum absolute atomic E-state index is 5.62. The van der Waals surface area contributed by atoms with Crippen LogP contribution in [0.5, 0.6) is 0 Å². The zero-order valence-corrected chi connectivity index (χ0v) is 16.7. The molecule has 0 spiro atoms. The summed E-state index contributed by atoms with van der Waals surface area (Å²) >= 11 is 5.62. The normalized spacial score (nSPS) is 10.9. The van der Waals surface area contributed by atoms with Gasteiger partial charge in [-0.15, -0.1) is 0 Å². The van der Waals surface area contributed by atoms with Gasteiger partial charge >= 0.3 is 0 Å². The highest BCUT2D eigenvalue weighted by Crippen LogP contribution is 2.12. The molecule has 0 unspecified atom stereocenters. The lowest BCUT2D eigenvalue weighted by Gasteiger charge is -2.26. The Kier molecular flexibility index (Phi) is 6.79.